The molecule has 6 nitrogen and oxygen atoms in total. The van der Waals surface area contributed by atoms with Crippen LogP contribution in [0.4, 0.5) is 0 Å². The number of aryl methyl sites for hydroxylation is 3. The topological polar surface area (TPSA) is 72.9 Å². The van der Waals surface area contributed by atoms with E-state index in [1.54, 1.807) is 12.1 Å². The Morgan fingerprint density at radius 3 is 2.40 bits per heavy atom. The summed E-state index contributed by atoms with van der Waals surface area (Å²) in [5, 5.41) is 0. The minimum atomic E-state index is -3.70. The van der Waals surface area contributed by atoms with Crippen molar-refractivity contribution in [3.63, 3.8) is 0 Å². The number of carbonyl (C=O) groups excluding carboxylic acids is 1. The third-order valence-corrected chi connectivity index (χ3v) is 8.01. The van der Waals surface area contributed by atoms with E-state index in [1.165, 1.54) is 11.4 Å². The molecule has 0 N–H and O–H groups in total. The number of fused-ring (bicyclic) bond motifs is 1. The molecule has 0 unspecified atom stereocenters. The molecule has 7 heteroatoms. The molecule has 1 spiro atoms. The molecule has 160 valence electrons. The third kappa shape index (κ3) is 3.50. The number of methoxy groups -OCH3 is 1. The average Bonchev–Trinajstić information content (AvgIpc) is 2.69. The largest absolute Gasteiger partial charge is 0.495 e. The van der Waals surface area contributed by atoms with Gasteiger partial charge in [-0.2, -0.15) is 4.31 Å². The van der Waals surface area contributed by atoms with Gasteiger partial charge >= 0.3 is 0 Å². The van der Waals surface area contributed by atoms with Crippen LogP contribution in [0.3, 0.4) is 0 Å². The first-order valence-electron chi connectivity index (χ1n) is 10.1. The van der Waals surface area contributed by atoms with Crippen LogP contribution in [0.2, 0.25) is 0 Å². The molecular formula is C23H27NO5S. The van der Waals surface area contributed by atoms with Crippen molar-refractivity contribution in [3.8, 4) is 11.5 Å². The molecule has 0 saturated carbocycles. The van der Waals surface area contributed by atoms with Crippen LogP contribution < -0.4 is 9.47 Å². The number of nitrogens with zero attached hydrogens (tertiary/aromatic N) is 1. The number of piperidine rings is 1. The predicted octanol–water partition coefficient (Wildman–Crippen LogP) is 3.81. The van der Waals surface area contributed by atoms with Crippen LogP contribution in [-0.2, 0) is 10.0 Å². The molecule has 2 heterocycles. The summed E-state index contributed by atoms with van der Waals surface area (Å²) < 4.78 is 39.7. The maximum atomic E-state index is 13.3. The zero-order valence-electron chi connectivity index (χ0n) is 17.8. The van der Waals surface area contributed by atoms with Gasteiger partial charge in [-0.1, -0.05) is 12.1 Å². The lowest BCUT2D eigenvalue weighted by Crippen LogP contribution is -2.52. The molecule has 1 fully saturated rings. The Morgan fingerprint density at radius 1 is 1.03 bits per heavy atom. The lowest BCUT2D eigenvalue weighted by molar-refractivity contribution is 0.00533. The molecule has 0 atom stereocenters. The summed E-state index contributed by atoms with van der Waals surface area (Å²) in [4.78, 5) is 13.0. The van der Waals surface area contributed by atoms with Crippen molar-refractivity contribution in [1.82, 2.24) is 4.31 Å². The standard InChI is InChI=1S/C23H27NO5S/c1-15-5-6-20(28-4)21(13-15)30(26,27)24-9-7-23(8-10-24)14-19(25)18-12-16(2)11-17(3)22(18)29-23/h5-6,11-13H,7-10,14H2,1-4H3. The van der Waals surface area contributed by atoms with Crippen LogP contribution in [0.25, 0.3) is 0 Å². The lowest BCUT2D eigenvalue weighted by Gasteiger charge is -2.44. The first-order chi connectivity index (χ1) is 14.1. The van der Waals surface area contributed by atoms with Gasteiger partial charge in [0.1, 0.15) is 22.0 Å². The lowest BCUT2D eigenvalue weighted by atomic mass is 9.82. The van der Waals surface area contributed by atoms with Gasteiger partial charge in [-0.25, -0.2) is 8.42 Å². The van der Waals surface area contributed by atoms with Gasteiger partial charge in [-0.15, -0.1) is 0 Å². The van der Waals surface area contributed by atoms with Crippen molar-refractivity contribution in [1.29, 1.82) is 0 Å². The minimum Gasteiger partial charge on any atom is -0.495 e. The number of ether oxygens (including phenoxy) is 2. The number of hydrogen-bond acceptors (Lipinski definition) is 5. The highest BCUT2D eigenvalue weighted by molar-refractivity contribution is 7.89. The van der Waals surface area contributed by atoms with E-state index >= 15 is 0 Å². The molecule has 2 aliphatic rings. The summed E-state index contributed by atoms with van der Waals surface area (Å²) in [7, 11) is -2.23. The molecule has 0 aliphatic carbocycles. The molecule has 0 bridgehead atoms. The van der Waals surface area contributed by atoms with Crippen LogP contribution in [0.1, 0.15) is 46.3 Å². The first kappa shape index (κ1) is 20.9. The second kappa shape index (κ2) is 7.39. The number of sulfonamides is 1. The number of Topliss-reactive ketones (excluding diaryl/α,β-unsaturated/α-hetero) is 1. The monoisotopic (exact) mass is 429 g/mol. The van der Waals surface area contributed by atoms with Crippen molar-refractivity contribution >= 4 is 15.8 Å². The van der Waals surface area contributed by atoms with Gasteiger partial charge in [-0.3, -0.25) is 4.79 Å². The number of hydrogen-bond donors (Lipinski definition) is 0. The molecule has 0 amide bonds. The SMILES string of the molecule is COc1ccc(C)cc1S(=O)(=O)N1CCC2(CC1)CC(=O)c1cc(C)cc(C)c1O2. The summed E-state index contributed by atoms with van der Waals surface area (Å²) in [6, 6.07) is 9.03. The Labute approximate surface area is 177 Å². The van der Waals surface area contributed by atoms with Crippen LogP contribution in [0, 0.1) is 20.8 Å². The summed E-state index contributed by atoms with van der Waals surface area (Å²) in [6.07, 6.45) is 1.22. The average molecular weight is 430 g/mol. The highest BCUT2D eigenvalue weighted by atomic mass is 32.2. The maximum Gasteiger partial charge on any atom is 0.246 e. The fourth-order valence-corrected chi connectivity index (χ4v) is 6.16. The van der Waals surface area contributed by atoms with Gasteiger partial charge in [-0.05, 0) is 55.7 Å². The van der Waals surface area contributed by atoms with Crippen molar-refractivity contribution < 1.29 is 22.7 Å². The molecule has 2 aromatic rings. The highest BCUT2D eigenvalue weighted by Gasteiger charge is 2.45. The van der Waals surface area contributed by atoms with Crippen LogP contribution in [0.15, 0.2) is 35.2 Å². The maximum absolute atomic E-state index is 13.3. The van der Waals surface area contributed by atoms with Crippen molar-refractivity contribution in [3.05, 3.63) is 52.6 Å². The second-order valence-corrected chi connectivity index (χ2v) is 10.3. The minimum absolute atomic E-state index is 0.0692. The fourth-order valence-electron chi connectivity index (χ4n) is 4.47. The summed E-state index contributed by atoms with van der Waals surface area (Å²) in [6.45, 7) is 6.36. The second-order valence-electron chi connectivity index (χ2n) is 8.40. The van der Waals surface area contributed by atoms with Crippen molar-refractivity contribution in [2.75, 3.05) is 20.2 Å². The molecule has 0 aromatic heterocycles. The first-order valence-corrected chi connectivity index (χ1v) is 11.6. The Kier molecular flexibility index (Phi) is 5.14. The Balaban J connectivity index is 1.58. The van der Waals surface area contributed by atoms with E-state index in [4.69, 9.17) is 9.47 Å². The third-order valence-electron chi connectivity index (χ3n) is 6.09. The normalized spacial score (nSPS) is 18.7. The summed E-state index contributed by atoms with van der Waals surface area (Å²) in [5.74, 6) is 1.05. The van der Waals surface area contributed by atoms with E-state index < -0.39 is 15.6 Å². The smallest absolute Gasteiger partial charge is 0.246 e. The zero-order valence-corrected chi connectivity index (χ0v) is 18.6. The van der Waals surface area contributed by atoms with E-state index in [2.05, 4.69) is 0 Å². The Hall–Kier alpha value is -2.38. The Bertz CT molecular complexity index is 1110. The van der Waals surface area contributed by atoms with Gasteiger partial charge in [0.25, 0.3) is 0 Å². The van der Waals surface area contributed by atoms with E-state index in [-0.39, 0.29) is 17.1 Å². The number of carbonyl (C=O) groups is 1. The number of ketones is 1. The van der Waals surface area contributed by atoms with Crippen molar-refractivity contribution in [2.24, 2.45) is 0 Å². The van der Waals surface area contributed by atoms with Crippen LogP contribution in [-0.4, -0.2) is 44.3 Å². The Morgan fingerprint density at radius 2 is 1.73 bits per heavy atom. The van der Waals surface area contributed by atoms with Gasteiger partial charge in [0, 0.05) is 25.9 Å². The molecule has 1 saturated heterocycles. The molecule has 2 aromatic carbocycles. The number of benzene rings is 2. The van der Waals surface area contributed by atoms with Gasteiger partial charge in [0.2, 0.25) is 10.0 Å². The van der Waals surface area contributed by atoms with Crippen LogP contribution >= 0.6 is 0 Å². The number of rotatable bonds is 3. The molecule has 4 rings (SSSR count). The van der Waals surface area contributed by atoms with E-state index in [1.807, 2.05) is 39.0 Å². The molecular weight excluding hydrogens is 402 g/mol. The van der Waals surface area contributed by atoms with Gasteiger partial charge in [0.15, 0.2) is 5.78 Å². The van der Waals surface area contributed by atoms with E-state index in [0.717, 1.165) is 16.7 Å². The fraction of sp³-hybridized carbons (Fsp3) is 0.435. The van der Waals surface area contributed by atoms with E-state index in [0.29, 0.717) is 43.0 Å². The highest BCUT2D eigenvalue weighted by Crippen LogP contribution is 2.42. The summed E-state index contributed by atoms with van der Waals surface area (Å²) >= 11 is 0. The van der Waals surface area contributed by atoms with Gasteiger partial charge in [0.05, 0.1) is 19.1 Å². The quantitative estimate of drug-likeness (QED) is 0.742. The molecule has 2 aliphatic heterocycles. The van der Waals surface area contributed by atoms with Crippen molar-refractivity contribution in [2.45, 2.75) is 50.5 Å². The molecule has 0 radical (unpaired) electrons. The summed E-state index contributed by atoms with van der Waals surface area (Å²) in [5.41, 5.74) is 2.82. The zero-order chi connectivity index (χ0) is 21.7. The predicted molar refractivity (Wildman–Crippen MR) is 114 cm³/mol. The van der Waals surface area contributed by atoms with Gasteiger partial charge < -0.3 is 9.47 Å². The van der Waals surface area contributed by atoms with E-state index in [9.17, 15) is 13.2 Å². The molecule has 30 heavy (non-hydrogen) atoms. The van der Waals surface area contributed by atoms with Crippen LogP contribution in [0.5, 0.6) is 11.5 Å².